The maximum Gasteiger partial charge on any atom is 0.130 e. The van der Waals surface area contributed by atoms with Gasteiger partial charge in [0.25, 0.3) is 0 Å². The van der Waals surface area contributed by atoms with E-state index >= 15 is 0 Å². The Bertz CT molecular complexity index is 417. The Morgan fingerprint density at radius 3 is 2.00 bits per heavy atom. The van der Waals surface area contributed by atoms with Gasteiger partial charge >= 0.3 is 0 Å². The Hall–Kier alpha value is -1.05. The van der Waals surface area contributed by atoms with Crippen LogP contribution in [0.2, 0.25) is 0 Å². The van der Waals surface area contributed by atoms with Gasteiger partial charge in [-0.05, 0) is 48.1 Å². The number of hydrogen-bond donors (Lipinski definition) is 1. The minimum absolute atomic E-state index is 0.0256. The van der Waals surface area contributed by atoms with Crippen molar-refractivity contribution in [3.63, 3.8) is 0 Å². The Balaban J connectivity index is 2.12. The van der Waals surface area contributed by atoms with Gasteiger partial charge in [0.1, 0.15) is 11.6 Å². The van der Waals surface area contributed by atoms with Crippen molar-refractivity contribution in [1.29, 1.82) is 0 Å². The molecule has 0 amide bonds. The molecule has 0 radical (unpaired) electrons. The third-order valence-corrected chi connectivity index (χ3v) is 4.39. The van der Waals surface area contributed by atoms with Crippen molar-refractivity contribution in [1.82, 2.24) is 0 Å². The molecule has 2 saturated carbocycles. The van der Waals surface area contributed by atoms with E-state index in [1.807, 2.05) is 6.07 Å². The van der Waals surface area contributed by atoms with E-state index in [0.717, 1.165) is 36.8 Å². The minimum Gasteiger partial charge on any atom is -0.508 e. The molecule has 0 heterocycles. The highest BCUT2D eigenvalue weighted by Crippen LogP contribution is 2.54. The minimum atomic E-state index is -0.245. The molecule has 0 aliphatic heterocycles. The van der Waals surface area contributed by atoms with Crippen molar-refractivity contribution in [2.75, 3.05) is 0 Å². The lowest BCUT2D eigenvalue weighted by Crippen LogP contribution is -2.08. The van der Waals surface area contributed by atoms with Crippen molar-refractivity contribution in [2.24, 2.45) is 0 Å². The lowest BCUT2D eigenvalue weighted by molar-refractivity contribution is 0.452. The monoisotopic (exact) mass is 220 g/mol. The van der Waals surface area contributed by atoms with E-state index in [4.69, 9.17) is 0 Å². The second kappa shape index (κ2) is 2.79. The predicted molar refractivity (Wildman–Crippen MR) is 61.2 cm³/mol. The standard InChI is InChI=1S/C14H17FO/c1-13(3-4-13)9-7-10(14(2)5-6-14)12(16)8-11(9)15/h7-8,16H,3-6H2,1-2H3. The van der Waals surface area contributed by atoms with Gasteiger partial charge in [-0.1, -0.05) is 13.8 Å². The average Bonchev–Trinajstić information content (AvgIpc) is 3.08. The summed E-state index contributed by atoms with van der Waals surface area (Å²) in [6.45, 7) is 4.24. The Labute approximate surface area is 95.3 Å². The summed E-state index contributed by atoms with van der Waals surface area (Å²) in [4.78, 5) is 0. The molecule has 0 atom stereocenters. The van der Waals surface area contributed by atoms with Crippen LogP contribution in [0.4, 0.5) is 4.39 Å². The molecule has 0 bridgehead atoms. The maximum atomic E-state index is 13.8. The summed E-state index contributed by atoms with van der Waals surface area (Å²) in [5, 5.41) is 9.84. The largest absolute Gasteiger partial charge is 0.508 e. The van der Waals surface area contributed by atoms with Gasteiger partial charge in [0, 0.05) is 11.6 Å². The number of rotatable bonds is 2. The van der Waals surface area contributed by atoms with Gasteiger partial charge in [-0.3, -0.25) is 0 Å². The zero-order chi connectivity index (χ0) is 11.6. The molecule has 1 aromatic carbocycles. The fourth-order valence-corrected chi connectivity index (χ4v) is 2.42. The fraction of sp³-hybridized carbons (Fsp3) is 0.571. The summed E-state index contributed by atoms with van der Waals surface area (Å²) in [5.41, 5.74) is 1.86. The second-order valence-corrected chi connectivity index (χ2v) is 5.97. The molecule has 2 aliphatic rings. The number of phenols is 1. The first-order valence-corrected chi connectivity index (χ1v) is 5.98. The van der Waals surface area contributed by atoms with Crippen LogP contribution < -0.4 is 0 Å². The Kier molecular flexibility index (Phi) is 1.77. The van der Waals surface area contributed by atoms with Crippen molar-refractivity contribution >= 4 is 0 Å². The Morgan fingerprint density at radius 2 is 1.50 bits per heavy atom. The molecule has 1 nitrogen and oxygen atoms in total. The number of halogens is 1. The van der Waals surface area contributed by atoms with Gasteiger partial charge in [-0.15, -0.1) is 0 Å². The fourth-order valence-electron chi connectivity index (χ4n) is 2.42. The van der Waals surface area contributed by atoms with Gasteiger partial charge in [0.2, 0.25) is 0 Å². The van der Waals surface area contributed by atoms with Gasteiger partial charge in [0.05, 0.1) is 0 Å². The smallest absolute Gasteiger partial charge is 0.130 e. The number of hydrogen-bond acceptors (Lipinski definition) is 1. The predicted octanol–water partition coefficient (Wildman–Crippen LogP) is 3.63. The molecular formula is C14H17FO. The van der Waals surface area contributed by atoms with Crippen LogP contribution in [0.3, 0.4) is 0 Å². The normalized spacial score (nSPS) is 24.2. The zero-order valence-corrected chi connectivity index (χ0v) is 9.81. The first-order valence-electron chi connectivity index (χ1n) is 5.98. The molecule has 0 saturated heterocycles. The molecule has 0 aromatic heterocycles. The van der Waals surface area contributed by atoms with Gasteiger partial charge < -0.3 is 5.11 Å². The summed E-state index contributed by atoms with van der Waals surface area (Å²) in [7, 11) is 0. The molecule has 16 heavy (non-hydrogen) atoms. The van der Waals surface area contributed by atoms with E-state index in [9.17, 15) is 9.50 Å². The quantitative estimate of drug-likeness (QED) is 0.806. The SMILES string of the molecule is CC1(c2cc(C3(C)CC3)c(F)cc2O)CC1. The zero-order valence-electron chi connectivity index (χ0n) is 9.81. The van der Waals surface area contributed by atoms with Crippen molar-refractivity contribution < 1.29 is 9.50 Å². The van der Waals surface area contributed by atoms with E-state index in [1.54, 1.807) is 0 Å². The average molecular weight is 220 g/mol. The molecule has 2 fully saturated rings. The third kappa shape index (κ3) is 1.35. The van der Waals surface area contributed by atoms with Gasteiger partial charge in [0.15, 0.2) is 0 Å². The van der Waals surface area contributed by atoms with E-state index in [2.05, 4.69) is 13.8 Å². The van der Waals surface area contributed by atoms with Crippen LogP contribution in [-0.4, -0.2) is 5.11 Å². The highest BCUT2D eigenvalue weighted by molar-refractivity contribution is 5.47. The van der Waals surface area contributed by atoms with E-state index in [1.165, 1.54) is 6.07 Å². The topological polar surface area (TPSA) is 20.2 Å². The van der Waals surface area contributed by atoms with Gasteiger partial charge in [-0.2, -0.15) is 0 Å². The highest BCUT2D eigenvalue weighted by Gasteiger charge is 2.45. The van der Waals surface area contributed by atoms with E-state index < -0.39 is 0 Å². The van der Waals surface area contributed by atoms with Crippen LogP contribution in [-0.2, 0) is 10.8 Å². The van der Waals surface area contributed by atoms with Crippen LogP contribution in [0, 0.1) is 5.82 Å². The van der Waals surface area contributed by atoms with E-state index in [-0.39, 0.29) is 22.4 Å². The Morgan fingerprint density at radius 1 is 1.00 bits per heavy atom. The van der Waals surface area contributed by atoms with Crippen molar-refractivity contribution in [2.45, 2.75) is 50.4 Å². The lowest BCUT2D eigenvalue weighted by Gasteiger charge is -2.17. The summed E-state index contributed by atoms with van der Waals surface area (Å²) < 4.78 is 13.8. The first kappa shape index (κ1) is 10.1. The molecule has 0 unspecified atom stereocenters. The molecule has 1 aromatic rings. The molecular weight excluding hydrogens is 203 g/mol. The lowest BCUT2D eigenvalue weighted by atomic mass is 9.89. The number of benzene rings is 1. The number of aromatic hydroxyl groups is 1. The highest BCUT2D eigenvalue weighted by atomic mass is 19.1. The van der Waals surface area contributed by atoms with Crippen molar-refractivity contribution in [3.05, 3.63) is 29.1 Å². The van der Waals surface area contributed by atoms with Crippen LogP contribution in [0.1, 0.15) is 50.7 Å². The van der Waals surface area contributed by atoms with E-state index in [0.29, 0.717) is 0 Å². The molecule has 1 N–H and O–H groups in total. The van der Waals surface area contributed by atoms with Crippen LogP contribution in [0.25, 0.3) is 0 Å². The second-order valence-electron chi connectivity index (χ2n) is 5.97. The molecule has 2 aliphatic carbocycles. The van der Waals surface area contributed by atoms with Crippen LogP contribution in [0.15, 0.2) is 12.1 Å². The summed E-state index contributed by atoms with van der Waals surface area (Å²) >= 11 is 0. The number of phenolic OH excluding ortho intramolecular Hbond substituents is 1. The molecule has 86 valence electrons. The summed E-state index contributed by atoms with van der Waals surface area (Å²) in [6, 6.07) is 3.21. The van der Waals surface area contributed by atoms with Crippen LogP contribution >= 0.6 is 0 Å². The summed E-state index contributed by atoms with van der Waals surface area (Å²) in [5.74, 6) is -0.115. The maximum absolute atomic E-state index is 13.8. The molecule has 0 spiro atoms. The molecule has 2 heteroatoms. The third-order valence-electron chi connectivity index (χ3n) is 4.39. The van der Waals surface area contributed by atoms with Crippen LogP contribution in [0.5, 0.6) is 5.75 Å². The van der Waals surface area contributed by atoms with Crippen molar-refractivity contribution in [3.8, 4) is 5.75 Å². The first-order chi connectivity index (χ1) is 7.45. The molecule has 3 rings (SSSR count). The van der Waals surface area contributed by atoms with Gasteiger partial charge in [-0.25, -0.2) is 4.39 Å². The summed E-state index contributed by atoms with van der Waals surface area (Å²) in [6.07, 6.45) is 4.32.